The number of hydrogen-bond donors (Lipinski definition) is 1. The van der Waals surface area contributed by atoms with Crippen LogP contribution in [0.1, 0.15) is 36.0 Å². The van der Waals surface area contributed by atoms with Gasteiger partial charge in [-0.3, -0.25) is 4.79 Å². The van der Waals surface area contributed by atoms with Crippen LogP contribution in [0.15, 0.2) is 17.0 Å². The first-order valence-corrected chi connectivity index (χ1v) is 9.57. The third kappa shape index (κ3) is 4.25. The maximum absolute atomic E-state index is 12.1. The highest BCUT2D eigenvalue weighted by atomic mass is 35.7. The second-order valence-corrected chi connectivity index (χ2v) is 8.40. The van der Waals surface area contributed by atoms with Crippen LogP contribution in [0.3, 0.4) is 0 Å². The van der Waals surface area contributed by atoms with E-state index in [1.54, 1.807) is 0 Å². The van der Waals surface area contributed by atoms with Gasteiger partial charge in [0.1, 0.15) is 0 Å². The van der Waals surface area contributed by atoms with E-state index in [-0.39, 0.29) is 20.5 Å². The lowest BCUT2D eigenvalue weighted by Crippen LogP contribution is -2.27. The molecule has 0 aromatic heterocycles. The summed E-state index contributed by atoms with van der Waals surface area (Å²) in [5, 5.41) is 2.72. The molecular formula is C13H14Cl3NO3S. The quantitative estimate of drug-likeness (QED) is 0.801. The van der Waals surface area contributed by atoms with Crippen LogP contribution in [-0.4, -0.2) is 20.9 Å². The summed E-state index contributed by atoms with van der Waals surface area (Å²) in [4.78, 5) is 11.8. The molecule has 8 heteroatoms. The molecule has 0 atom stereocenters. The van der Waals surface area contributed by atoms with Crippen molar-refractivity contribution >= 4 is 48.8 Å². The summed E-state index contributed by atoms with van der Waals surface area (Å²) >= 11 is 11.8. The second kappa shape index (κ2) is 6.73. The van der Waals surface area contributed by atoms with Crippen LogP contribution < -0.4 is 5.32 Å². The van der Waals surface area contributed by atoms with Crippen molar-refractivity contribution in [1.29, 1.82) is 0 Å². The zero-order chi connectivity index (χ0) is 15.6. The number of nitrogens with one attached hydrogen (secondary N) is 1. The zero-order valence-corrected chi connectivity index (χ0v) is 14.1. The molecule has 1 aliphatic rings. The Balaban J connectivity index is 2.13. The zero-order valence-electron chi connectivity index (χ0n) is 11.0. The van der Waals surface area contributed by atoms with Crippen LogP contribution in [0.25, 0.3) is 0 Å². The molecule has 0 heterocycles. The van der Waals surface area contributed by atoms with E-state index in [0.717, 1.165) is 18.6 Å². The van der Waals surface area contributed by atoms with Gasteiger partial charge in [-0.15, -0.1) is 0 Å². The molecule has 21 heavy (non-hydrogen) atoms. The van der Waals surface area contributed by atoms with E-state index in [1.807, 2.05) is 0 Å². The van der Waals surface area contributed by atoms with Gasteiger partial charge < -0.3 is 5.32 Å². The number of carbonyl (C=O) groups is 1. The fraction of sp³-hybridized carbons (Fsp3) is 0.462. The van der Waals surface area contributed by atoms with Crippen LogP contribution in [0.5, 0.6) is 0 Å². The van der Waals surface area contributed by atoms with Crippen molar-refractivity contribution in [2.24, 2.45) is 5.92 Å². The Morgan fingerprint density at radius 2 is 1.95 bits per heavy atom. The van der Waals surface area contributed by atoms with Crippen molar-refractivity contribution in [3.63, 3.8) is 0 Å². The number of amides is 1. The maximum atomic E-state index is 12.1. The van der Waals surface area contributed by atoms with Gasteiger partial charge in [-0.1, -0.05) is 42.5 Å². The first kappa shape index (κ1) is 16.9. The molecule has 2 rings (SSSR count). The number of benzene rings is 1. The van der Waals surface area contributed by atoms with E-state index in [4.69, 9.17) is 33.9 Å². The number of halogens is 3. The van der Waals surface area contributed by atoms with Crippen molar-refractivity contribution in [2.75, 3.05) is 6.54 Å². The Morgan fingerprint density at radius 3 is 2.48 bits per heavy atom. The smallest absolute Gasteiger partial charge is 0.261 e. The van der Waals surface area contributed by atoms with Crippen LogP contribution in [-0.2, 0) is 9.05 Å². The first-order chi connectivity index (χ1) is 9.79. The summed E-state index contributed by atoms with van der Waals surface area (Å²) in [6.45, 7) is 0.523. The summed E-state index contributed by atoms with van der Waals surface area (Å²) in [5.41, 5.74) is 0.0111. The first-order valence-electron chi connectivity index (χ1n) is 6.51. The lowest BCUT2D eigenvalue weighted by atomic mass is 9.83. The molecule has 1 N–H and O–H groups in total. The Hall–Kier alpha value is -0.490. The minimum atomic E-state index is -3.98. The minimum absolute atomic E-state index is 0.0111. The molecule has 0 radical (unpaired) electrons. The van der Waals surface area contributed by atoms with Crippen LogP contribution in [0, 0.1) is 5.92 Å². The number of carbonyl (C=O) groups excluding carboxylic acids is 1. The van der Waals surface area contributed by atoms with Gasteiger partial charge in [0.05, 0.1) is 20.5 Å². The van der Waals surface area contributed by atoms with Crippen LogP contribution in [0.4, 0.5) is 0 Å². The van der Waals surface area contributed by atoms with Crippen molar-refractivity contribution in [2.45, 2.75) is 30.6 Å². The molecule has 0 saturated heterocycles. The third-order valence-electron chi connectivity index (χ3n) is 3.59. The molecule has 0 unspecified atom stereocenters. The fourth-order valence-electron chi connectivity index (χ4n) is 2.14. The van der Waals surface area contributed by atoms with Gasteiger partial charge in [0.15, 0.2) is 0 Å². The Labute approximate surface area is 138 Å². The summed E-state index contributed by atoms with van der Waals surface area (Å²) in [6.07, 6.45) is 4.55. The highest BCUT2D eigenvalue weighted by molar-refractivity contribution is 8.13. The highest BCUT2D eigenvalue weighted by Gasteiger charge is 2.21. The largest absolute Gasteiger partial charge is 0.352 e. The van der Waals surface area contributed by atoms with Gasteiger partial charge in [-0.05, 0) is 24.5 Å². The summed E-state index contributed by atoms with van der Waals surface area (Å²) in [7, 11) is 1.29. The van der Waals surface area contributed by atoms with E-state index in [2.05, 4.69) is 5.32 Å². The van der Waals surface area contributed by atoms with Crippen molar-refractivity contribution in [3.05, 3.63) is 27.7 Å². The van der Waals surface area contributed by atoms with Gasteiger partial charge in [0.2, 0.25) is 0 Å². The van der Waals surface area contributed by atoms with E-state index in [1.165, 1.54) is 19.3 Å². The van der Waals surface area contributed by atoms with E-state index >= 15 is 0 Å². The monoisotopic (exact) mass is 369 g/mol. The molecule has 1 amide bonds. The number of rotatable bonds is 5. The molecule has 0 bridgehead atoms. The van der Waals surface area contributed by atoms with E-state index in [9.17, 15) is 13.2 Å². The summed E-state index contributed by atoms with van der Waals surface area (Å²) < 4.78 is 22.7. The number of hydrogen-bond acceptors (Lipinski definition) is 3. The molecule has 1 fully saturated rings. The Kier molecular flexibility index (Phi) is 5.41. The fourth-order valence-corrected chi connectivity index (χ4v) is 3.40. The molecule has 0 aliphatic heterocycles. The molecule has 4 nitrogen and oxygen atoms in total. The van der Waals surface area contributed by atoms with Crippen LogP contribution in [0.2, 0.25) is 10.0 Å². The predicted molar refractivity (Wildman–Crippen MR) is 83.8 cm³/mol. The molecule has 0 spiro atoms. The lowest BCUT2D eigenvalue weighted by molar-refractivity contribution is 0.0949. The maximum Gasteiger partial charge on any atom is 0.261 e. The summed E-state index contributed by atoms with van der Waals surface area (Å²) in [6, 6.07) is 2.26. The van der Waals surface area contributed by atoms with Gasteiger partial charge in [0.25, 0.3) is 15.0 Å². The Morgan fingerprint density at radius 1 is 1.29 bits per heavy atom. The lowest BCUT2D eigenvalue weighted by Gasteiger charge is -2.25. The van der Waals surface area contributed by atoms with Gasteiger partial charge in [0, 0.05) is 17.2 Å². The molecule has 1 aromatic carbocycles. The van der Waals surface area contributed by atoms with Gasteiger partial charge >= 0.3 is 0 Å². The van der Waals surface area contributed by atoms with Crippen LogP contribution >= 0.6 is 33.9 Å². The topological polar surface area (TPSA) is 63.2 Å². The van der Waals surface area contributed by atoms with Crippen molar-refractivity contribution in [3.8, 4) is 0 Å². The van der Waals surface area contributed by atoms with E-state index < -0.39 is 15.0 Å². The van der Waals surface area contributed by atoms with Gasteiger partial charge in [-0.25, -0.2) is 8.42 Å². The average Bonchev–Trinajstić information content (AvgIpc) is 2.33. The highest BCUT2D eigenvalue weighted by Crippen LogP contribution is 2.31. The molecule has 1 saturated carbocycles. The standard InChI is InChI=1S/C13H14Cl3NO3S/c14-11-7-9(21(16,19)20)6-10(12(11)15)13(18)17-5-4-8-2-1-3-8/h6-8H,1-5H2,(H,17,18). The molecule has 116 valence electrons. The Bertz CT molecular complexity index is 657. The third-order valence-corrected chi connectivity index (χ3v) is 5.73. The summed E-state index contributed by atoms with van der Waals surface area (Å²) in [5.74, 6) is 0.210. The predicted octanol–water partition coefficient (Wildman–Crippen LogP) is 3.84. The normalized spacial score (nSPS) is 15.6. The average molecular weight is 371 g/mol. The molecular weight excluding hydrogens is 357 g/mol. The van der Waals surface area contributed by atoms with Crippen molar-refractivity contribution < 1.29 is 13.2 Å². The second-order valence-electron chi connectivity index (χ2n) is 5.05. The minimum Gasteiger partial charge on any atom is -0.352 e. The molecule has 1 aliphatic carbocycles. The SMILES string of the molecule is O=C(NCCC1CCC1)c1cc(S(=O)(=O)Cl)cc(Cl)c1Cl. The van der Waals surface area contributed by atoms with Crippen molar-refractivity contribution in [1.82, 2.24) is 5.32 Å². The van der Waals surface area contributed by atoms with Gasteiger partial charge in [-0.2, -0.15) is 0 Å². The van der Waals surface area contributed by atoms with E-state index in [0.29, 0.717) is 12.5 Å². The molecule has 1 aromatic rings.